The molecule has 0 aliphatic carbocycles. The number of β-amino-alcohol motifs (C(OH)–C–C–N with tert-alkyl or cyclic N) is 1. The number of anilines is 1. The fourth-order valence-electron chi connectivity index (χ4n) is 4.86. The van der Waals surface area contributed by atoms with E-state index in [2.05, 4.69) is 32.2 Å². The van der Waals surface area contributed by atoms with E-state index < -0.39 is 11.6 Å². The summed E-state index contributed by atoms with van der Waals surface area (Å²) in [5.74, 6) is -0.570. The molecule has 2 aliphatic heterocycles. The van der Waals surface area contributed by atoms with Crippen molar-refractivity contribution >= 4 is 50.2 Å². The Morgan fingerprint density at radius 1 is 1.16 bits per heavy atom. The second-order valence-corrected chi connectivity index (χ2v) is 12.2. The number of carbonyl (C=O) groups is 2. The van der Waals surface area contributed by atoms with Crippen molar-refractivity contribution in [3.8, 4) is 0 Å². The number of aliphatic hydroxyl groups is 1. The van der Waals surface area contributed by atoms with E-state index in [4.69, 9.17) is 11.6 Å². The molecule has 5 rings (SSSR count). The highest BCUT2D eigenvalue weighted by atomic mass is 35.5. The highest BCUT2D eigenvalue weighted by molar-refractivity contribution is 7.22. The molecule has 1 aromatic carbocycles. The van der Waals surface area contributed by atoms with Gasteiger partial charge in [0.05, 0.1) is 17.7 Å². The molecule has 3 aromatic rings. The smallest absolute Gasteiger partial charge is 0.276 e. The third-order valence-corrected chi connectivity index (χ3v) is 8.13. The zero-order chi connectivity index (χ0) is 26.5. The van der Waals surface area contributed by atoms with Crippen LogP contribution in [-0.2, 0) is 5.54 Å². The molecule has 0 radical (unpaired) electrons. The van der Waals surface area contributed by atoms with Crippen molar-refractivity contribution in [3.05, 3.63) is 40.5 Å². The van der Waals surface area contributed by atoms with Crippen molar-refractivity contribution in [3.63, 3.8) is 0 Å². The van der Waals surface area contributed by atoms with Gasteiger partial charge in [0, 0.05) is 49.9 Å². The molecule has 2 fully saturated rings. The number of halogens is 1. The van der Waals surface area contributed by atoms with Gasteiger partial charge in [-0.3, -0.25) is 19.8 Å². The minimum absolute atomic E-state index is 0.0909. The Balaban J connectivity index is 1.41. The number of carbonyl (C=O) groups excluding carboxylic acids is 2. The average molecular weight is 546 g/mol. The van der Waals surface area contributed by atoms with Crippen molar-refractivity contribution in [2.45, 2.75) is 38.5 Å². The van der Waals surface area contributed by atoms with Gasteiger partial charge in [0.25, 0.3) is 11.8 Å². The standard InChI is InChI=1S/C25H32ClN7O3S/c1-25(2,3)33-21-20(37-24(27-21)28-22(35)15-6-5-7-16(26)12-15)19(29-33)23(36)32-13-17(18(34)14-32)31-10-8-30(4)9-11-31/h5-7,12,17-18,34H,8-11,13-14H2,1-4H3,(H,27,28,35)/t17-,18-/m1/s1. The number of hydrogen-bond acceptors (Lipinski definition) is 8. The Hall–Kier alpha value is -2.57. The first-order chi connectivity index (χ1) is 17.5. The van der Waals surface area contributed by atoms with E-state index in [1.807, 2.05) is 20.8 Å². The van der Waals surface area contributed by atoms with Crippen molar-refractivity contribution in [1.82, 2.24) is 29.5 Å². The van der Waals surface area contributed by atoms with Crippen LogP contribution >= 0.6 is 22.9 Å². The molecule has 2 saturated heterocycles. The molecule has 2 amide bonds. The summed E-state index contributed by atoms with van der Waals surface area (Å²) in [5.41, 5.74) is 0.808. The number of benzene rings is 1. The lowest BCUT2D eigenvalue weighted by atomic mass is 10.1. The fraction of sp³-hybridized carbons (Fsp3) is 0.520. The topological polar surface area (TPSA) is 107 Å². The Labute approximate surface area is 224 Å². The summed E-state index contributed by atoms with van der Waals surface area (Å²) in [6, 6.07) is 6.59. The monoisotopic (exact) mass is 545 g/mol. The molecule has 2 aliphatic rings. The maximum atomic E-state index is 13.7. The number of thiazole rings is 1. The number of aromatic nitrogens is 3. The molecule has 0 spiro atoms. The van der Waals surface area contributed by atoms with E-state index in [0.717, 1.165) is 26.2 Å². The molecule has 10 nitrogen and oxygen atoms in total. The van der Waals surface area contributed by atoms with Crippen LogP contribution in [0.4, 0.5) is 5.13 Å². The van der Waals surface area contributed by atoms with Crippen LogP contribution in [-0.4, -0.2) is 105 Å². The number of nitrogens with one attached hydrogen (secondary N) is 1. The number of aliphatic hydroxyl groups excluding tert-OH is 1. The summed E-state index contributed by atoms with van der Waals surface area (Å²) >= 11 is 7.25. The van der Waals surface area contributed by atoms with Crippen LogP contribution in [0.25, 0.3) is 10.3 Å². The quantitative estimate of drug-likeness (QED) is 0.519. The maximum absolute atomic E-state index is 13.7. The van der Waals surface area contributed by atoms with Crippen LogP contribution in [0.3, 0.4) is 0 Å². The molecule has 0 bridgehead atoms. The molecule has 0 saturated carbocycles. The summed E-state index contributed by atoms with van der Waals surface area (Å²) in [6.45, 7) is 10.3. The van der Waals surface area contributed by atoms with Gasteiger partial charge >= 0.3 is 0 Å². The number of fused-ring (bicyclic) bond motifs is 1. The van der Waals surface area contributed by atoms with Gasteiger partial charge in [0.15, 0.2) is 16.5 Å². The van der Waals surface area contributed by atoms with E-state index >= 15 is 0 Å². The van der Waals surface area contributed by atoms with Gasteiger partial charge in [0.2, 0.25) is 0 Å². The van der Waals surface area contributed by atoms with Crippen LogP contribution in [0, 0.1) is 0 Å². The second kappa shape index (κ2) is 9.95. The Morgan fingerprint density at radius 2 is 1.89 bits per heavy atom. The minimum atomic E-state index is -0.610. The molecule has 0 unspecified atom stereocenters. The first-order valence-electron chi connectivity index (χ1n) is 12.4. The number of likely N-dealkylation sites (tertiary alicyclic amines) is 1. The lowest BCUT2D eigenvalue weighted by Crippen LogP contribution is -2.52. The van der Waals surface area contributed by atoms with E-state index in [1.54, 1.807) is 33.8 Å². The molecule has 12 heteroatoms. The molecular formula is C25H32ClN7O3S. The molecule has 37 heavy (non-hydrogen) atoms. The molecule has 198 valence electrons. The van der Waals surface area contributed by atoms with Crippen molar-refractivity contribution in [2.75, 3.05) is 51.6 Å². The SMILES string of the molecule is CN1CCN([C@@H]2CN(C(=O)c3nn(C(C)(C)C)c4nc(NC(=O)c5cccc(Cl)c5)sc34)C[C@H]2O)CC1. The number of piperazine rings is 1. The summed E-state index contributed by atoms with van der Waals surface area (Å²) in [6.07, 6.45) is -0.610. The number of hydrogen-bond donors (Lipinski definition) is 2. The van der Waals surface area contributed by atoms with Gasteiger partial charge in [-0.15, -0.1) is 0 Å². The van der Waals surface area contributed by atoms with Crippen molar-refractivity contribution in [2.24, 2.45) is 0 Å². The van der Waals surface area contributed by atoms with Crippen molar-refractivity contribution < 1.29 is 14.7 Å². The van der Waals surface area contributed by atoms with Gasteiger partial charge in [0.1, 0.15) is 4.70 Å². The van der Waals surface area contributed by atoms with Crippen LogP contribution in [0.5, 0.6) is 0 Å². The number of rotatable bonds is 4. The second-order valence-electron chi connectivity index (χ2n) is 10.8. The summed E-state index contributed by atoms with van der Waals surface area (Å²) in [5, 5.41) is 19.2. The Morgan fingerprint density at radius 3 is 2.57 bits per heavy atom. The van der Waals surface area contributed by atoms with Gasteiger partial charge in [-0.2, -0.15) is 10.1 Å². The predicted octanol–water partition coefficient (Wildman–Crippen LogP) is 2.59. The Bertz CT molecular complexity index is 1330. The zero-order valence-electron chi connectivity index (χ0n) is 21.4. The summed E-state index contributed by atoms with van der Waals surface area (Å²) in [4.78, 5) is 37.3. The first-order valence-corrected chi connectivity index (χ1v) is 13.6. The lowest BCUT2D eigenvalue weighted by Gasteiger charge is -2.37. The largest absolute Gasteiger partial charge is 0.390 e. The minimum Gasteiger partial charge on any atom is -0.390 e. The third kappa shape index (κ3) is 5.23. The first kappa shape index (κ1) is 26.1. The number of amides is 2. The molecular weight excluding hydrogens is 514 g/mol. The average Bonchev–Trinajstić information content (AvgIpc) is 3.52. The molecule has 2 aromatic heterocycles. The number of nitrogens with zero attached hydrogens (tertiary/aromatic N) is 6. The Kier molecular flexibility index (Phi) is 7.01. The lowest BCUT2D eigenvalue weighted by molar-refractivity contribution is 0.0512. The van der Waals surface area contributed by atoms with E-state index in [0.29, 0.717) is 32.6 Å². The highest BCUT2D eigenvalue weighted by Gasteiger charge is 2.40. The maximum Gasteiger partial charge on any atom is 0.276 e. The summed E-state index contributed by atoms with van der Waals surface area (Å²) < 4.78 is 2.34. The van der Waals surface area contributed by atoms with Crippen LogP contribution in [0.1, 0.15) is 41.6 Å². The normalized spacial score (nSPS) is 21.6. The van der Waals surface area contributed by atoms with E-state index in [1.165, 1.54) is 11.3 Å². The van der Waals surface area contributed by atoms with Gasteiger partial charge in [-0.25, -0.2) is 4.68 Å². The molecule has 4 heterocycles. The van der Waals surface area contributed by atoms with Crippen LogP contribution < -0.4 is 5.32 Å². The van der Waals surface area contributed by atoms with E-state index in [-0.39, 0.29) is 30.1 Å². The zero-order valence-corrected chi connectivity index (χ0v) is 23.0. The highest BCUT2D eigenvalue weighted by Crippen LogP contribution is 2.34. The fourth-order valence-corrected chi connectivity index (χ4v) is 5.97. The van der Waals surface area contributed by atoms with E-state index in [9.17, 15) is 14.7 Å². The third-order valence-electron chi connectivity index (χ3n) is 6.92. The van der Waals surface area contributed by atoms with Gasteiger partial charge in [-0.05, 0) is 46.0 Å². The van der Waals surface area contributed by atoms with Crippen LogP contribution in [0.2, 0.25) is 5.02 Å². The predicted molar refractivity (Wildman–Crippen MR) is 145 cm³/mol. The van der Waals surface area contributed by atoms with Crippen molar-refractivity contribution in [1.29, 1.82) is 0 Å². The number of likely N-dealkylation sites (N-methyl/N-ethyl adjacent to an activating group) is 1. The van der Waals surface area contributed by atoms with Gasteiger partial charge in [-0.1, -0.05) is 29.0 Å². The summed E-state index contributed by atoms with van der Waals surface area (Å²) in [7, 11) is 2.09. The van der Waals surface area contributed by atoms with Crippen LogP contribution in [0.15, 0.2) is 24.3 Å². The molecule has 2 atom stereocenters. The molecule has 2 N–H and O–H groups in total. The van der Waals surface area contributed by atoms with Gasteiger partial charge < -0.3 is 14.9 Å².